The highest BCUT2D eigenvalue weighted by molar-refractivity contribution is 5.43. The Morgan fingerprint density at radius 2 is 1.78 bits per heavy atom. The lowest BCUT2D eigenvalue weighted by molar-refractivity contribution is 0.285. The predicted octanol–water partition coefficient (Wildman–Crippen LogP) is 3.26. The van der Waals surface area contributed by atoms with E-state index in [0.29, 0.717) is 0 Å². The van der Waals surface area contributed by atoms with Crippen LogP contribution in [-0.2, 0) is 13.1 Å². The van der Waals surface area contributed by atoms with Crippen LogP contribution in [0.4, 0.5) is 5.69 Å². The number of furan rings is 1. The van der Waals surface area contributed by atoms with Crippen molar-refractivity contribution in [3.8, 4) is 0 Å². The molecule has 0 saturated carbocycles. The Labute approximate surface area is 108 Å². The molecule has 18 heavy (non-hydrogen) atoms. The van der Waals surface area contributed by atoms with E-state index in [-0.39, 0.29) is 0 Å². The van der Waals surface area contributed by atoms with Crippen molar-refractivity contribution in [3.05, 3.63) is 53.5 Å². The fourth-order valence-electron chi connectivity index (χ4n) is 1.98. The third-order valence-corrected chi connectivity index (χ3v) is 2.92. The van der Waals surface area contributed by atoms with Crippen molar-refractivity contribution in [2.45, 2.75) is 20.0 Å². The lowest BCUT2D eigenvalue weighted by atomic mass is 10.2. The average molecular weight is 244 g/mol. The number of anilines is 1. The Bertz CT molecular complexity index is 487. The maximum absolute atomic E-state index is 5.58. The maximum Gasteiger partial charge on any atom is 0.118 e. The fourth-order valence-corrected chi connectivity index (χ4v) is 1.98. The Morgan fingerprint density at radius 1 is 1.06 bits per heavy atom. The van der Waals surface area contributed by atoms with Crippen molar-refractivity contribution in [1.29, 1.82) is 0 Å². The van der Waals surface area contributed by atoms with E-state index in [4.69, 9.17) is 4.42 Å². The van der Waals surface area contributed by atoms with E-state index in [9.17, 15) is 0 Å². The highest BCUT2D eigenvalue weighted by Gasteiger charge is 2.04. The van der Waals surface area contributed by atoms with E-state index in [1.165, 1.54) is 5.56 Å². The minimum Gasteiger partial charge on any atom is -0.465 e. The van der Waals surface area contributed by atoms with Gasteiger partial charge in [0.2, 0.25) is 0 Å². The average Bonchev–Trinajstić information content (AvgIpc) is 2.75. The van der Waals surface area contributed by atoms with E-state index >= 15 is 0 Å². The Balaban J connectivity index is 1.91. The minimum absolute atomic E-state index is 0.835. The van der Waals surface area contributed by atoms with Crippen LogP contribution in [0.1, 0.15) is 17.1 Å². The molecule has 1 heterocycles. The molecule has 1 aromatic heterocycles. The summed E-state index contributed by atoms with van der Waals surface area (Å²) in [6.45, 7) is 3.73. The van der Waals surface area contributed by atoms with Gasteiger partial charge in [0.1, 0.15) is 11.5 Å². The second kappa shape index (κ2) is 5.74. The summed E-state index contributed by atoms with van der Waals surface area (Å²) in [7, 11) is 4.03. The molecule has 1 N–H and O–H groups in total. The molecule has 3 nitrogen and oxygen atoms in total. The highest BCUT2D eigenvalue weighted by atomic mass is 16.3. The molecule has 0 aliphatic heterocycles. The van der Waals surface area contributed by atoms with Gasteiger partial charge in [0, 0.05) is 19.3 Å². The van der Waals surface area contributed by atoms with Crippen LogP contribution in [0, 0.1) is 6.92 Å². The molecule has 0 amide bonds. The molecular formula is C15H20N2O. The first-order valence-electron chi connectivity index (χ1n) is 6.18. The monoisotopic (exact) mass is 244 g/mol. The van der Waals surface area contributed by atoms with Crippen LogP contribution in [0.25, 0.3) is 0 Å². The largest absolute Gasteiger partial charge is 0.465 e. The van der Waals surface area contributed by atoms with Crippen LogP contribution in [-0.4, -0.2) is 19.0 Å². The highest BCUT2D eigenvalue weighted by Crippen LogP contribution is 2.13. The topological polar surface area (TPSA) is 28.4 Å². The summed E-state index contributed by atoms with van der Waals surface area (Å²) in [6, 6.07) is 12.5. The standard InChI is InChI=1S/C15H20N2O/c1-12-4-9-15(18-12)11-17(3)10-13-5-7-14(16-2)8-6-13/h4-9,16H,10-11H2,1-3H3. The molecule has 0 fully saturated rings. The first kappa shape index (κ1) is 12.7. The first-order chi connectivity index (χ1) is 8.67. The summed E-state index contributed by atoms with van der Waals surface area (Å²) in [5, 5.41) is 3.12. The molecule has 1 aromatic carbocycles. The smallest absolute Gasteiger partial charge is 0.118 e. The van der Waals surface area contributed by atoms with Gasteiger partial charge in [-0.3, -0.25) is 4.90 Å². The first-order valence-corrected chi connectivity index (χ1v) is 6.18. The van der Waals surface area contributed by atoms with E-state index in [2.05, 4.69) is 41.5 Å². The van der Waals surface area contributed by atoms with Crippen LogP contribution in [0.2, 0.25) is 0 Å². The number of rotatable bonds is 5. The summed E-state index contributed by atoms with van der Waals surface area (Å²) in [4.78, 5) is 2.24. The molecule has 0 spiro atoms. The molecule has 2 rings (SSSR count). The van der Waals surface area contributed by atoms with E-state index in [1.807, 2.05) is 26.1 Å². The van der Waals surface area contributed by atoms with Gasteiger partial charge in [0.15, 0.2) is 0 Å². The molecule has 0 aliphatic rings. The van der Waals surface area contributed by atoms with Gasteiger partial charge in [0.25, 0.3) is 0 Å². The van der Waals surface area contributed by atoms with Crippen molar-refractivity contribution >= 4 is 5.69 Å². The van der Waals surface area contributed by atoms with Crippen molar-refractivity contribution in [2.75, 3.05) is 19.4 Å². The molecule has 0 unspecified atom stereocenters. The van der Waals surface area contributed by atoms with Gasteiger partial charge in [-0.2, -0.15) is 0 Å². The second-order valence-electron chi connectivity index (χ2n) is 4.63. The Morgan fingerprint density at radius 3 is 2.33 bits per heavy atom. The molecular weight excluding hydrogens is 224 g/mol. The van der Waals surface area contributed by atoms with Crippen molar-refractivity contribution < 1.29 is 4.42 Å². The van der Waals surface area contributed by atoms with Crippen LogP contribution >= 0.6 is 0 Å². The maximum atomic E-state index is 5.58. The van der Waals surface area contributed by atoms with Crippen LogP contribution in [0.15, 0.2) is 40.8 Å². The predicted molar refractivity (Wildman–Crippen MR) is 74.6 cm³/mol. The molecule has 0 radical (unpaired) electrons. The van der Waals surface area contributed by atoms with Crippen LogP contribution in [0.5, 0.6) is 0 Å². The Kier molecular flexibility index (Phi) is 4.05. The van der Waals surface area contributed by atoms with Gasteiger partial charge in [-0.05, 0) is 43.8 Å². The Hall–Kier alpha value is -1.74. The van der Waals surface area contributed by atoms with Gasteiger partial charge in [-0.1, -0.05) is 12.1 Å². The number of benzene rings is 1. The zero-order chi connectivity index (χ0) is 13.0. The summed E-state index contributed by atoms with van der Waals surface area (Å²) < 4.78 is 5.58. The third kappa shape index (κ3) is 3.37. The van der Waals surface area contributed by atoms with E-state index in [1.54, 1.807) is 0 Å². The lowest BCUT2D eigenvalue weighted by Crippen LogP contribution is -2.16. The molecule has 96 valence electrons. The summed E-state index contributed by atoms with van der Waals surface area (Å²) >= 11 is 0. The minimum atomic E-state index is 0.835. The quantitative estimate of drug-likeness (QED) is 0.875. The van der Waals surface area contributed by atoms with Crippen molar-refractivity contribution in [3.63, 3.8) is 0 Å². The van der Waals surface area contributed by atoms with E-state index < -0.39 is 0 Å². The molecule has 0 bridgehead atoms. The normalized spacial score (nSPS) is 10.9. The zero-order valence-electron chi connectivity index (χ0n) is 11.2. The van der Waals surface area contributed by atoms with Gasteiger partial charge in [0.05, 0.1) is 6.54 Å². The van der Waals surface area contributed by atoms with Gasteiger partial charge >= 0.3 is 0 Å². The molecule has 0 saturated heterocycles. The van der Waals surface area contributed by atoms with Crippen LogP contribution < -0.4 is 5.32 Å². The SMILES string of the molecule is CNc1ccc(CN(C)Cc2ccc(C)o2)cc1. The second-order valence-corrected chi connectivity index (χ2v) is 4.63. The van der Waals surface area contributed by atoms with E-state index in [0.717, 1.165) is 30.3 Å². The zero-order valence-corrected chi connectivity index (χ0v) is 11.2. The molecule has 0 atom stereocenters. The number of hydrogen-bond acceptors (Lipinski definition) is 3. The lowest BCUT2D eigenvalue weighted by Gasteiger charge is -2.15. The fraction of sp³-hybridized carbons (Fsp3) is 0.333. The molecule has 0 aliphatic carbocycles. The van der Waals surface area contributed by atoms with Crippen molar-refractivity contribution in [2.24, 2.45) is 0 Å². The third-order valence-electron chi connectivity index (χ3n) is 2.92. The number of nitrogens with zero attached hydrogens (tertiary/aromatic N) is 1. The van der Waals surface area contributed by atoms with Gasteiger partial charge < -0.3 is 9.73 Å². The van der Waals surface area contributed by atoms with Gasteiger partial charge in [-0.25, -0.2) is 0 Å². The number of hydrogen-bond donors (Lipinski definition) is 1. The summed E-state index contributed by atoms with van der Waals surface area (Å²) in [5.41, 5.74) is 2.45. The molecule has 2 aromatic rings. The number of nitrogens with one attached hydrogen (secondary N) is 1. The molecule has 3 heteroatoms. The number of aryl methyl sites for hydroxylation is 1. The summed E-state index contributed by atoms with van der Waals surface area (Å²) in [5.74, 6) is 1.98. The summed E-state index contributed by atoms with van der Waals surface area (Å²) in [6.07, 6.45) is 0. The van der Waals surface area contributed by atoms with Crippen LogP contribution in [0.3, 0.4) is 0 Å². The van der Waals surface area contributed by atoms with Crippen molar-refractivity contribution in [1.82, 2.24) is 4.90 Å². The van der Waals surface area contributed by atoms with Gasteiger partial charge in [-0.15, -0.1) is 0 Å².